The number of ether oxygens (including phenoxy) is 2. The van der Waals surface area contributed by atoms with Gasteiger partial charge in [-0.2, -0.15) is 0 Å². The van der Waals surface area contributed by atoms with Gasteiger partial charge in [-0.05, 0) is 20.9 Å². The van der Waals surface area contributed by atoms with E-state index < -0.39 is 0 Å². The van der Waals surface area contributed by atoms with Crippen LogP contribution in [-0.2, 0) is 16.1 Å². The average molecular weight is 336 g/mol. The van der Waals surface area contributed by atoms with E-state index in [0.29, 0.717) is 13.2 Å². The minimum Gasteiger partial charge on any atom is -0.496 e. The van der Waals surface area contributed by atoms with Crippen LogP contribution in [-0.4, -0.2) is 73.7 Å². The zero-order chi connectivity index (χ0) is 17.7. The molecule has 0 unspecified atom stereocenters. The van der Waals surface area contributed by atoms with Crippen molar-refractivity contribution in [2.24, 2.45) is 5.73 Å². The summed E-state index contributed by atoms with van der Waals surface area (Å²) in [6.45, 7) is 8.10. The van der Waals surface area contributed by atoms with Gasteiger partial charge in [0.05, 0.1) is 32.1 Å². The summed E-state index contributed by atoms with van der Waals surface area (Å²) >= 11 is 0. The minimum absolute atomic E-state index is 0.0655. The van der Waals surface area contributed by atoms with Crippen molar-refractivity contribution in [1.82, 2.24) is 14.8 Å². The van der Waals surface area contributed by atoms with Crippen LogP contribution in [0.15, 0.2) is 6.20 Å². The zero-order valence-electron chi connectivity index (χ0n) is 15.0. The fourth-order valence-electron chi connectivity index (χ4n) is 3.15. The molecule has 7 heteroatoms. The normalized spacial score (nSPS) is 18.8. The van der Waals surface area contributed by atoms with Gasteiger partial charge in [0.25, 0.3) is 0 Å². The molecule has 1 saturated heterocycles. The SMILES string of the molecule is COc1c(C)cnc(CN2CCO[C@H](CN(C)CC(N)=O)C2)c1C. The summed E-state index contributed by atoms with van der Waals surface area (Å²) in [5.74, 6) is 0.586. The molecule has 0 bridgehead atoms. The van der Waals surface area contributed by atoms with E-state index in [9.17, 15) is 4.79 Å². The topological polar surface area (TPSA) is 80.9 Å². The maximum Gasteiger partial charge on any atom is 0.231 e. The number of carbonyl (C=O) groups excluding carboxylic acids is 1. The van der Waals surface area contributed by atoms with E-state index in [0.717, 1.165) is 42.2 Å². The first-order chi connectivity index (χ1) is 11.4. The van der Waals surface area contributed by atoms with Crippen molar-refractivity contribution in [3.8, 4) is 5.75 Å². The molecule has 24 heavy (non-hydrogen) atoms. The molecule has 7 nitrogen and oxygen atoms in total. The number of methoxy groups -OCH3 is 1. The number of nitrogens with two attached hydrogens (primary N) is 1. The average Bonchev–Trinajstić information content (AvgIpc) is 2.50. The lowest BCUT2D eigenvalue weighted by Crippen LogP contribution is -2.47. The van der Waals surface area contributed by atoms with Crippen LogP contribution in [0.2, 0.25) is 0 Å². The number of pyridine rings is 1. The molecule has 1 atom stereocenters. The standard InChI is InChI=1S/C17H28N4O3/c1-12-7-19-15(13(2)17(12)23-4)10-21-5-6-24-14(9-21)8-20(3)11-16(18)22/h7,14H,5-6,8-11H2,1-4H3,(H2,18,22)/t14-/m1/s1. The first kappa shape index (κ1) is 18.6. The highest BCUT2D eigenvalue weighted by Gasteiger charge is 2.23. The largest absolute Gasteiger partial charge is 0.496 e. The number of rotatable bonds is 7. The summed E-state index contributed by atoms with van der Waals surface area (Å²) in [4.78, 5) is 19.8. The molecule has 2 heterocycles. The van der Waals surface area contributed by atoms with Gasteiger partial charge in [0, 0.05) is 43.5 Å². The zero-order valence-corrected chi connectivity index (χ0v) is 15.0. The molecule has 1 aromatic rings. The maximum atomic E-state index is 11.0. The molecule has 134 valence electrons. The lowest BCUT2D eigenvalue weighted by atomic mass is 10.1. The van der Waals surface area contributed by atoms with E-state index in [1.807, 2.05) is 32.0 Å². The Labute approximate surface area is 143 Å². The van der Waals surface area contributed by atoms with Crippen LogP contribution in [0.5, 0.6) is 5.75 Å². The first-order valence-electron chi connectivity index (χ1n) is 8.20. The van der Waals surface area contributed by atoms with E-state index in [4.69, 9.17) is 15.2 Å². The van der Waals surface area contributed by atoms with Crippen molar-refractivity contribution < 1.29 is 14.3 Å². The number of primary amides is 1. The van der Waals surface area contributed by atoms with Gasteiger partial charge in [0.1, 0.15) is 5.75 Å². The molecule has 2 N–H and O–H groups in total. The van der Waals surface area contributed by atoms with Crippen molar-refractivity contribution >= 4 is 5.91 Å². The van der Waals surface area contributed by atoms with Gasteiger partial charge >= 0.3 is 0 Å². The van der Waals surface area contributed by atoms with Crippen LogP contribution in [0.3, 0.4) is 0 Å². The van der Waals surface area contributed by atoms with Gasteiger partial charge in [0.2, 0.25) is 5.91 Å². The monoisotopic (exact) mass is 336 g/mol. The third kappa shape index (κ3) is 4.90. The summed E-state index contributed by atoms with van der Waals surface area (Å²) < 4.78 is 11.3. The number of likely N-dealkylation sites (N-methyl/N-ethyl adjacent to an activating group) is 1. The smallest absolute Gasteiger partial charge is 0.231 e. The van der Waals surface area contributed by atoms with Crippen LogP contribution >= 0.6 is 0 Å². The molecule has 0 radical (unpaired) electrons. The molecular formula is C17H28N4O3. The van der Waals surface area contributed by atoms with Crippen molar-refractivity contribution in [3.63, 3.8) is 0 Å². The van der Waals surface area contributed by atoms with E-state index in [-0.39, 0.29) is 18.6 Å². The number of nitrogens with zero attached hydrogens (tertiary/aromatic N) is 3. The Morgan fingerprint density at radius 1 is 1.54 bits per heavy atom. The number of amides is 1. The van der Waals surface area contributed by atoms with Crippen molar-refractivity contribution in [3.05, 3.63) is 23.0 Å². The highest BCUT2D eigenvalue weighted by Crippen LogP contribution is 2.25. The highest BCUT2D eigenvalue weighted by atomic mass is 16.5. The molecule has 1 aromatic heterocycles. The number of morpholine rings is 1. The second-order valence-corrected chi connectivity index (χ2v) is 6.44. The number of aryl methyl sites for hydroxylation is 1. The number of hydrogen-bond donors (Lipinski definition) is 1. The van der Waals surface area contributed by atoms with Crippen molar-refractivity contribution in [1.29, 1.82) is 0 Å². The summed E-state index contributed by atoms with van der Waals surface area (Å²) in [5.41, 5.74) is 8.40. The maximum absolute atomic E-state index is 11.0. The second kappa shape index (κ2) is 8.41. The Morgan fingerprint density at radius 3 is 2.96 bits per heavy atom. The lowest BCUT2D eigenvalue weighted by molar-refractivity contribution is -0.119. The van der Waals surface area contributed by atoms with Gasteiger partial charge < -0.3 is 15.2 Å². The number of aromatic nitrogens is 1. The summed E-state index contributed by atoms with van der Waals surface area (Å²) in [5, 5.41) is 0. The fraction of sp³-hybridized carbons (Fsp3) is 0.647. The molecular weight excluding hydrogens is 308 g/mol. The molecule has 0 spiro atoms. The van der Waals surface area contributed by atoms with E-state index in [2.05, 4.69) is 9.88 Å². The van der Waals surface area contributed by atoms with Gasteiger partial charge in [-0.25, -0.2) is 0 Å². The quantitative estimate of drug-likeness (QED) is 0.773. The molecule has 0 aliphatic carbocycles. The van der Waals surface area contributed by atoms with Gasteiger partial charge in [-0.15, -0.1) is 0 Å². The van der Waals surface area contributed by atoms with Crippen LogP contribution < -0.4 is 10.5 Å². The van der Waals surface area contributed by atoms with E-state index in [1.54, 1.807) is 7.11 Å². The van der Waals surface area contributed by atoms with Gasteiger partial charge in [-0.1, -0.05) is 0 Å². The predicted molar refractivity (Wildman–Crippen MR) is 92.0 cm³/mol. The minimum atomic E-state index is -0.322. The van der Waals surface area contributed by atoms with Crippen molar-refractivity contribution in [2.45, 2.75) is 26.5 Å². The highest BCUT2D eigenvalue weighted by molar-refractivity contribution is 5.75. The van der Waals surface area contributed by atoms with E-state index in [1.165, 1.54) is 0 Å². The number of carbonyl (C=O) groups is 1. The molecule has 1 fully saturated rings. The Balaban J connectivity index is 1.97. The Morgan fingerprint density at radius 2 is 2.29 bits per heavy atom. The molecule has 1 amide bonds. The number of hydrogen-bond acceptors (Lipinski definition) is 6. The first-order valence-corrected chi connectivity index (χ1v) is 8.20. The Bertz CT molecular complexity index is 579. The fourth-order valence-corrected chi connectivity index (χ4v) is 3.15. The lowest BCUT2D eigenvalue weighted by Gasteiger charge is -2.34. The van der Waals surface area contributed by atoms with E-state index >= 15 is 0 Å². The second-order valence-electron chi connectivity index (χ2n) is 6.44. The molecule has 1 aliphatic heterocycles. The van der Waals surface area contributed by atoms with Gasteiger partial charge in [0.15, 0.2) is 0 Å². The molecule has 0 saturated carbocycles. The molecule has 2 rings (SSSR count). The predicted octanol–water partition coefficient (Wildman–Crippen LogP) is 0.325. The summed E-state index contributed by atoms with van der Waals surface area (Å²) in [7, 11) is 3.57. The third-order valence-electron chi connectivity index (χ3n) is 4.29. The Kier molecular flexibility index (Phi) is 6.53. The van der Waals surface area contributed by atoms with Crippen LogP contribution in [0.25, 0.3) is 0 Å². The summed E-state index contributed by atoms with van der Waals surface area (Å²) in [6, 6.07) is 0. The molecule has 1 aliphatic rings. The van der Waals surface area contributed by atoms with Crippen LogP contribution in [0.1, 0.15) is 16.8 Å². The van der Waals surface area contributed by atoms with Crippen LogP contribution in [0, 0.1) is 13.8 Å². The van der Waals surface area contributed by atoms with Gasteiger partial charge in [-0.3, -0.25) is 19.6 Å². The Hall–Kier alpha value is -1.70. The third-order valence-corrected chi connectivity index (χ3v) is 4.29. The summed E-state index contributed by atoms with van der Waals surface area (Å²) in [6.07, 6.45) is 1.93. The molecule has 0 aromatic carbocycles. The van der Waals surface area contributed by atoms with Crippen molar-refractivity contribution in [2.75, 3.05) is 46.9 Å². The van der Waals surface area contributed by atoms with Crippen LogP contribution in [0.4, 0.5) is 0 Å².